The summed E-state index contributed by atoms with van der Waals surface area (Å²) in [6, 6.07) is 5.04. The number of hydrogen-bond acceptors (Lipinski definition) is 3. The molecule has 2 aliphatic heterocycles. The van der Waals surface area contributed by atoms with Gasteiger partial charge in [-0.2, -0.15) is 0 Å². The predicted molar refractivity (Wildman–Crippen MR) is 71.1 cm³/mol. The van der Waals surface area contributed by atoms with Crippen LogP contribution in [0, 0.1) is 6.92 Å². The summed E-state index contributed by atoms with van der Waals surface area (Å²) < 4.78 is 5.98. The highest BCUT2D eigenvalue weighted by molar-refractivity contribution is 6.31. The van der Waals surface area contributed by atoms with Crippen LogP contribution in [0.1, 0.15) is 36.6 Å². The van der Waals surface area contributed by atoms with E-state index in [2.05, 4.69) is 10.3 Å². The summed E-state index contributed by atoms with van der Waals surface area (Å²) in [6.45, 7) is 2.02. The molecule has 3 unspecified atom stereocenters. The molecule has 3 nitrogen and oxygen atoms in total. The van der Waals surface area contributed by atoms with Gasteiger partial charge in [-0.15, -0.1) is 0 Å². The van der Waals surface area contributed by atoms with Crippen molar-refractivity contribution in [3.8, 4) is 0 Å². The van der Waals surface area contributed by atoms with Crippen LogP contribution in [-0.2, 0) is 0 Å². The molecule has 1 N–H and O–H groups in total. The second-order valence-corrected chi connectivity index (χ2v) is 5.95. The summed E-state index contributed by atoms with van der Waals surface area (Å²) in [4.78, 5) is 4.64. The highest BCUT2D eigenvalue weighted by Gasteiger charge is 2.42. The van der Waals surface area contributed by atoms with Gasteiger partial charge in [0.05, 0.1) is 5.92 Å². The maximum atomic E-state index is 6.06. The van der Waals surface area contributed by atoms with Gasteiger partial charge in [0.2, 0.25) is 0 Å². The van der Waals surface area contributed by atoms with Gasteiger partial charge in [0.15, 0.2) is 11.5 Å². The molecule has 18 heavy (non-hydrogen) atoms. The van der Waals surface area contributed by atoms with Crippen molar-refractivity contribution >= 4 is 22.7 Å². The van der Waals surface area contributed by atoms with Crippen molar-refractivity contribution in [1.82, 2.24) is 10.3 Å². The van der Waals surface area contributed by atoms with Crippen molar-refractivity contribution in [3.05, 3.63) is 28.6 Å². The summed E-state index contributed by atoms with van der Waals surface area (Å²) in [5.74, 6) is 1.32. The van der Waals surface area contributed by atoms with Gasteiger partial charge in [0.25, 0.3) is 0 Å². The number of fused-ring (bicyclic) bond motifs is 3. The molecule has 0 amide bonds. The van der Waals surface area contributed by atoms with Gasteiger partial charge >= 0.3 is 0 Å². The Bertz CT molecular complexity index is 622. The molecule has 0 saturated carbocycles. The largest absolute Gasteiger partial charge is 0.440 e. The third-order valence-corrected chi connectivity index (χ3v) is 4.49. The first kappa shape index (κ1) is 10.8. The van der Waals surface area contributed by atoms with Crippen LogP contribution in [0.5, 0.6) is 0 Å². The fourth-order valence-electron chi connectivity index (χ4n) is 3.43. The monoisotopic (exact) mass is 262 g/mol. The number of nitrogens with one attached hydrogen (secondary N) is 1. The quantitative estimate of drug-likeness (QED) is 0.856. The van der Waals surface area contributed by atoms with E-state index in [1.165, 1.54) is 12.8 Å². The number of rotatable bonds is 1. The van der Waals surface area contributed by atoms with Crippen molar-refractivity contribution in [3.63, 3.8) is 0 Å². The zero-order chi connectivity index (χ0) is 12.3. The van der Waals surface area contributed by atoms with E-state index in [4.69, 9.17) is 16.0 Å². The van der Waals surface area contributed by atoms with Crippen LogP contribution in [0.3, 0.4) is 0 Å². The second kappa shape index (κ2) is 3.72. The summed E-state index contributed by atoms with van der Waals surface area (Å²) in [7, 11) is 0. The van der Waals surface area contributed by atoms with Crippen LogP contribution in [0.4, 0.5) is 0 Å². The molecular formula is C14H15ClN2O. The maximum absolute atomic E-state index is 6.06. The Hall–Kier alpha value is -1.06. The first-order valence-corrected chi connectivity index (χ1v) is 6.91. The average molecular weight is 263 g/mol. The highest BCUT2D eigenvalue weighted by Crippen LogP contribution is 2.40. The molecular weight excluding hydrogens is 248 g/mol. The Balaban J connectivity index is 1.80. The number of hydrogen-bond donors (Lipinski definition) is 1. The molecule has 0 radical (unpaired) electrons. The molecule has 94 valence electrons. The second-order valence-electron chi connectivity index (χ2n) is 5.51. The van der Waals surface area contributed by atoms with Crippen LogP contribution < -0.4 is 5.32 Å². The van der Waals surface area contributed by atoms with Gasteiger partial charge in [-0.25, -0.2) is 4.98 Å². The zero-order valence-electron chi connectivity index (χ0n) is 10.2. The van der Waals surface area contributed by atoms with E-state index in [1.54, 1.807) is 0 Å². The number of oxazole rings is 1. The molecule has 0 aliphatic carbocycles. The Labute approximate surface area is 111 Å². The average Bonchev–Trinajstić information content (AvgIpc) is 3.01. The zero-order valence-corrected chi connectivity index (χ0v) is 11.0. The Morgan fingerprint density at radius 2 is 2.28 bits per heavy atom. The summed E-state index contributed by atoms with van der Waals surface area (Å²) in [5.41, 5.74) is 2.84. The van der Waals surface area contributed by atoms with Crippen molar-refractivity contribution in [2.24, 2.45) is 0 Å². The molecule has 2 aromatic rings. The minimum Gasteiger partial charge on any atom is -0.440 e. The van der Waals surface area contributed by atoms with Crippen molar-refractivity contribution in [1.29, 1.82) is 0 Å². The smallest absolute Gasteiger partial charge is 0.200 e. The van der Waals surface area contributed by atoms with Crippen molar-refractivity contribution in [2.75, 3.05) is 0 Å². The molecule has 4 heteroatoms. The third-order valence-electron chi connectivity index (χ3n) is 4.27. The topological polar surface area (TPSA) is 38.1 Å². The lowest BCUT2D eigenvalue weighted by Gasteiger charge is -2.15. The standard InChI is InChI=1S/C14H15ClN2O/c1-7-4-8(15)5-12-13(7)18-14(17-12)10-6-9-2-3-11(10)16-9/h4-5,9-11,16H,2-3,6H2,1H3. The lowest BCUT2D eigenvalue weighted by molar-refractivity contribution is 0.407. The number of benzene rings is 1. The van der Waals surface area contributed by atoms with Gasteiger partial charge in [0, 0.05) is 17.1 Å². The number of aryl methyl sites for hydroxylation is 1. The molecule has 4 rings (SSSR count). The Morgan fingerprint density at radius 3 is 3.00 bits per heavy atom. The minimum atomic E-state index is 0.439. The Morgan fingerprint density at radius 1 is 1.39 bits per heavy atom. The maximum Gasteiger partial charge on any atom is 0.200 e. The van der Waals surface area contributed by atoms with E-state index < -0.39 is 0 Å². The predicted octanol–water partition coefficient (Wildman–Crippen LogP) is 3.40. The van der Waals surface area contributed by atoms with Gasteiger partial charge < -0.3 is 9.73 Å². The van der Waals surface area contributed by atoms with Gasteiger partial charge in [-0.3, -0.25) is 0 Å². The molecule has 0 spiro atoms. The summed E-state index contributed by atoms with van der Waals surface area (Å²) in [5, 5.41) is 4.35. The van der Waals surface area contributed by atoms with E-state index >= 15 is 0 Å². The van der Waals surface area contributed by atoms with E-state index in [1.807, 2.05) is 19.1 Å². The number of halogens is 1. The third kappa shape index (κ3) is 1.50. The van der Waals surface area contributed by atoms with E-state index in [0.717, 1.165) is 34.0 Å². The normalized spacial score (nSPS) is 30.4. The molecule has 3 heterocycles. The Kier molecular flexibility index (Phi) is 2.24. The molecule has 2 fully saturated rings. The van der Waals surface area contributed by atoms with Crippen LogP contribution in [0.25, 0.3) is 11.1 Å². The van der Waals surface area contributed by atoms with Gasteiger partial charge in [-0.05, 0) is 43.9 Å². The molecule has 1 aromatic carbocycles. The van der Waals surface area contributed by atoms with Gasteiger partial charge in [-0.1, -0.05) is 11.6 Å². The van der Waals surface area contributed by atoms with Crippen LogP contribution >= 0.6 is 11.6 Å². The SMILES string of the molecule is Cc1cc(Cl)cc2nc(C3CC4CCC3N4)oc12. The lowest BCUT2D eigenvalue weighted by atomic mass is 9.89. The minimum absolute atomic E-state index is 0.439. The molecule has 2 bridgehead atoms. The molecule has 2 saturated heterocycles. The van der Waals surface area contributed by atoms with Crippen LogP contribution in [0.2, 0.25) is 5.02 Å². The van der Waals surface area contributed by atoms with Gasteiger partial charge in [0.1, 0.15) is 5.52 Å². The summed E-state index contributed by atoms with van der Waals surface area (Å²) in [6.07, 6.45) is 3.70. The van der Waals surface area contributed by atoms with Crippen LogP contribution in [-0.4, -0.2) is 17.1 Å². The van der Waals surface area contributed by atoms with Crippen molar-refractivity contribution in [2.45, 2.75) is 44.2 Å². The molecule has 3 atom stereocenters. The fraction of sp³-hybridized carbons (Fsp3) is 0.500. The number of aromatic nitrogens is 1. The lowest BCUT2D eigenvalue weighted by Crippen LogP contribution is -2.21. The van der Waals surface area contributed by atoms with Crippen molar-refractivity contribution < 1.29 is 4.42 Å². The van der Waals surface area contributed by atoms with Crippen LogP contribution in [0.15, 0.2) is 16.5 Å². The summed E-state index contributed by atoms with van der Waals surface area (Å²) >= 11 is 6.06. The van der Waals surface area contributed by atoms with E-state index in [9.17, 15) is 0 Å². The number of nitrogens with zero attached hydrogens (tertiary/aromatic N) is 1. The highest BCUT2D eigenvalue weighted by atomic mass is 35.5. The fourth-order valence-corrected chi connectivity index (χ4v) is 3.70. The first-order valence-electron chi connectivity index (χ1n) is 6.53. The van der Waals surface area contributed by atoms with E-state index in [-0.39, 0.29) is 0 Å². The molecule has 1 aromatic heterocycles. The first-order chi connectivity index (χ1) is 8.70. The van der Waals surface area contributed by atoms with E-state index in [0.29, 0.717) is 18.0 Å². The molecule has 2 aliphatic rings.